The van der Waals surface area contributed by atoms with Crippen LogP contribution < -0.4 is 10.1 Å². The number of rotatable bonds is 5. The molecule has 26 heavy (non-hydrogen) atoms. The highest BCUT2D eigenvalue weighted by Crippen LogP contribution is 2.35. The van der Waals surface area contributed by atoms with Gasteiger partial charge >= 0.3 is 0 Å². The minimum Gasteiger partial charge on any atom is -0.493 e. The summed E-state index contributed by atoms with van der Waals surface area (Å²) in [4.78, 5) is 16.5. The van der Waals surface area contributed by atoms with E-state index in [1.165, 1.54) is 0 Å². The van der Waals surface area contributed by atoms with Gasteiger partial charge in [0.15, 0.2) is 5.82 Å². The van der Waals surface area contributed by atoms with Gasteiger partial charge in [0, 0.05) is 31.1 Å². The van der Waals surface area contributed by atoms with Crippen molar-refractivity contribution in [2.24, 2.45) is 0 Å². The lowest BCUT2D eigenvalue weighted by Gasteiger charge is -2.25. The van der Waals surface area contributed by atoms with Crippen LogP contribution in [0.2, 0.25) is 0 Å². The Labute approximate surface area is 151 Å². The van der Waals surface area contributed by atoms with Crippen molar-refractivity contribution in [1.29, 1.82) is 0 Å². The van der Waals surface area contributed by atoms with Gasteiger partial charge in [0.1, 0.15) is 5.75 Å². The molecule has 1 N–H and O–H groups in total. The fourth-order valence-corrected chi connectivity index (χ4v) is 3.24. The topological polar surface area (TPSA) is 69.0 Å². The van der Waals surface area contributed by atoms with Crippen molar-refractivity contribution in [2.75, 3.05) is 11.9 Å². The van der Waals surface area contributed by atoms with Gasteiger partial charge in [-0.1, -0.05) is 18.2 Å². The Kier molecular flexibility index (Phi) is 4.64. The molecule has 1 aliphatic heterocycles. The van der Waals surface area contributed by atoms with Gasteiger partial charge in [-0.05, 0) is 41.7 Å². The first-order valence-corrected chi connectivity index (χ1v) is 8.72. The minimum absolute atomic E-state index is 0.0270. The molecule has 1 atom stereocenters. The van der Waals surface area contributed by atoms with E-state index in [-0.39, 0.29) is 11.8 Å². The first-order valence-electron chi connectivity index (χ1n) is 8.72. The number of pyridine rings is 1. The maximum Gasteiger partial charge on any atom is 0.226 e. The van der Waals surface area contributed by atoms with E-state index in [9.17, 15) is 4.79 Å². The Morgan fingerprint density at radius 1 is 1.19 bits per heavy atom. The smallest absolute Gasteiger partial charge is 0.226 e. The number of anilines is 1. The average molecular weight is 348 g/mol. The molecule has 6 heteroatoms. The lowest BCUT2D eigenvalue weighted by molar-refractivity contribution is -0.116. The van der Waals surface area contributed by atoms with Crippen molar-refractivity contribution < 1.29 is 9.53 Å². The summed E-state index contributed by atoms with van der Waals surface area (Å²) in [6, 6.07) is 13.6. The third kappa shape index (κ3) is 3.74. The van der Waals surface area contributed by atoms with Gasteiger partial charge in [0.2, 0.25) is 5.91 Å². The Balaban J connectivity index is 1.37. The molecule has 132 valence electrons. The van der Waals surface area contributed by atoms with Crippen LogP contribution in [-0.4, -0.2) is 27.3 Å². The van der Waals surface area contributed by atoms with Crippen LogP contribution >= 0.6 is 0 Å². The van der Waals surface area contributed by atoms with Gasteiger partial charge in [0.25, 0.3) is 0 Å². The van der Waals surface area contributed by atoms with Crippen LogP contribution in [-0.2, 0) is 11.3 Å². The number of fused-ring (bicyclic) bond motifs is 1. The van der Waals surface area contributed by atoms with Gasteiger partial charge < -0.3 is 10.1 Å². The SMILES string of the molecule is O=C(C[C@@H]1CCOc2ccccc21)Nc1ccn(Cc2ccncc2)n1. The number of hydrogen-bond donors (Lipinski definition) is 1. The number of benzene rings is 1. The maximum absolute atomic E-state index is 12.4. The zero-order valence-electron chi connectivity index (χ0n) is 14.3. The summed E-state index contributed by atoms with van der Waals surface area (Å²) in [5.41, 5.74) is 2.22. The molecule has 0 radical (unpaired) electrons. The quantitative estimate of drug-likeness (QED) is 0.769. The second kappa shape index (κ2) is 7.39. The molecular formula is C20H20N4O2. The zero-order valence-corrected chi connectivity index (χ0v) is 14.3. The summed E-state index contributed by atoms with van der Waals surface area (Å²) < 4.78 is 7.46. The average Bonchev–Trinajstić information content (AvgIpc) is 3.09. The maximum atomic E-state index is 12.4. The van der Waals surface area contributed by atoms with E-state index in [2.05, 4.69) is 15.4 Å². The zero-order chi connectivity index (χ0) is 17.8. The molecule has 0 bridgehead atoms. The Bertz CT molecular complexity index is 892. The normalized spacial score (nSPS) is 15.8. The van der Waals surface area contributed by atoms with Crippen molar-refractivity contribution in [2.45, 2.75) is 25.3 Å². The predicted octanol–water partition coefficient (Wildman–Crippen LogP) is 3.22. The number of nitrogens with one attached hydrogen (secondary N) is 1. The number of hydrogen-bond acceptors (Lipinski definition) is 4. The largest absolute Gasteiger partial charge is 0.493 e. The lowest BCUT2D eigenvalue weighted by Crippen LogP contribution is -2.21. The molecule has 3 aromatic rings. The molecule has 0 unspecified atom stereocenters. The van der Waals surface area contributed by atoms with Gasteiger partial charge in [-0.15, -0.1) is 0 Å². The molecule has 0 spiro atoms. The lowest BCUT2D eigenvalue weighted by atomic mass is 9.90. The number of carbonyl (C=O) groups is 1. The van der Waals surface area contributed by atoms with Crippen LogP contribution in [0.3, 0.4) is 0 Å². The number of carbonyl (C=O) groups excluding carboxylic acids is 1. The van der Waals surface area contributed by atoms with Crippen LogP contribution in [0.15, 0.2) is 61.1 Å². The highest BCUT2D eigenvalue weighted by atomic mass is 16.5. The molecule has 1 aliphatic rings. The van der Waals surface area contributed by atoms with Crippen LogP contribution in [0.4, 0.5) is 5.82 Å². The van der Waals surface area contributed by atoms with Crippen molar-refractivity contribution in [3.05, 3.63) is 72.2 Å². The molecule has 0 fully saturated rings. The summed E-state index contributed by atoms with van der Waals surface area (Å²) in [5.74, 6) is 1.61. The number of amides is 1. The molecule has 0 saturated carbocycles. The van der Waals surface area contributed by atoms with E-state index in [4.69, 9.17) is 4.74 Å². The fourth-order valence-electron chi connectivity index (χ4n) is 3.24. The molecule has 1 amide bonds. The first-order chi connectivity index (χ1) is 12.8. The number of aromatic nitrogens is 3. The van der Waals surface area contributed by atoms with Crippen LogP contribution in [0, 0.1) is 0 Å². The number of para-hydroxylation sites is 1. The van der Waals surface area contributed by atoms with Gasteiger partial charge in [-0.2, -0.15) is 5.10 Å². The summed E-state index contributed by atoms with van der Waals surface area (Å²) >= 11 is 0. The molecule has 6 nitrogen and oxygen atoms in total. The molecule has 0 saturated heterocycles. The summed E-state index contributed by atoms with van der Waals surface area (Å²) in [6.07, 6.45) is 6.65. The second-order valence-electron chi connectivity index (χ2n) is 6.38. The Morgan fingerprint density at radius 2 is 2.04 bits per heavy atom. The van der Waals surface area contributed by atoms with E-state index in [1.807, 2.05) is 48.7 Å². The minimum atomic E-state index is -0.0270. The Morgan fingerprint density at radius 3 is 2.92 bits per heavy atom. The Hall–Kier alpha value is -3.15. The van der Waals surface area contributed by atoms with Crippen molar-refractivity contribution >= 4 is 11.7 Å². The monoisotopic (exact) mass is 348 g/mol. The molecular weight excluding hydrogens is 328 g/mol. The molecule has 1 aromatic carbocycles. The standard InChI is InChI=1S/C20H20N4O2/c25-20(13-16-8-12-26-18-4-2-1-3-17(16)18)22-19-7-11-24(23-19)14-15-5-9-21-10-6-15/h1-7,9-11,16H,8,12-14H2,(H,22,23,25)/t16-/m0/s1. The third-order valence-corrected chi connectivity index (χ3v) is 4.52. The van der Waals surface area contributed by atoms with Crippen LogP contribution in [0.25, 0.3) is 0 Å². The van der Waals surface area contributed by atoms with E-state index in [0.717, 1.165) is 23.3 Å². The molecule has 0 aliphatic carbocycles. The van der Waals surface area contributed by atoms with Crippen LogP contribution in [0.1, 0.15) is 29.9 Å². The van der Waals surface area contributed by atoms with Crippen molar-refractivity contribution in [3.8, 4) is 5.75 Å². The fraction of sp³-hybridized carbons (Fsp3) is 0.250. The summed E-state index contributed by atoms with van der Waals surface area (Å²) in [6.45, 7) is 1.29. The van der Waals surface area contributed by atoms with Crippen LogP contribution in [0.5, 0.6) is 5.75 Å². The molecule has 3 heterocycles. The van der Waals surface area contributed by atoms with E-state index < -0.39 is 0 Å². The van der Waals surface area contributed by atoms with Gasteiger partial charge in [0.05, 0.1) is 13.2 Å². The molecule has 4 rings (SSSR count). The summed E-state index contributed by atoms with van der Waals surface area (Å²) in [7, 11) is 0. The number of ether oxygens (including phenoxy) is 1. The van der Waals surface area contributed by atoms with Crippen molar-refractivity contribution in [1.82, 2.24) is 14.8 Å². The van der Waals surface area contributed by atoms with E-state index in [0.29, 0.717) is 25.4 Å². The van der Waals surface area contributed by atoms with E-state index >= 15 is 0 Å². The first kappa shape index (κ1) is 16.3. The van der Waals surface area contributed by atoms with E-state index in [1.54, 1.807) is 17.1 Å². The van der Waals surface area contributed by atoms with Crippen molar-refractivity contribution in [3.63, 3.8) is 0 Å². The summed E-state index contributed by atoms with van der Waals surface area (Å²) in [5, 5.41) is 7.32. The van der Waals surface area contributed by atoms with Gasteiger partial charge in [-0.3, -0.25) is 14.5 Å². The second-order valence-corrected chi connectivity index (χ2v) is 6.38. The molecule has 2 aromatic heterocycles. The number of nitrogens with zero attached hydrogens (tertiary/aromatic N) is 3. The third-order valence-electron chi connectivity index (χ3n) is 4.52. The highest BCUT2D eigenvalue weighted by molar-refractivity contribution is 5.90. The van der Waals surface area contributed by atoms with Gasteiger partial charge in [-0.25, -0.2) is 0 Å². The predicted molar refractivity (Wildman–Crippen MR) is 98.1 cm³/mol. The highest BCUT2D eigenvalue weighted by Gasteiger charge is 2.23.